The SMILES string of the molecule is Cc1ccccc1C(=O)Nc1cc[c-]c2c1CCCC2.[CH3-].[NH-]CCCN1CCCC1=O.[Tc]. The molecule has 1 aliphatic heterocycles. The van der Waals surface area contributed by atoms with Crippen LogP contribution in [0.2, 0.25) is 0 Å². The predicted octanol–water partition coefficient (Wildman–Crippen LogP) is 5.43. The van der Waals surface area contributed by atoms with E-state index in [2.05, 4.69) is 11.4 Å². The maximum Gasteiger partial charge on any atom is 0.254 e. The van der Waals surface area contributed by atoms with Crippen molar-refractivity contribution in [3.8, 4) is 0 Å². The van der Waals surface area contributed by atoms with E-state index < -0.39 is 0 Å². The van der Waals surface area contributed by atoms with Gasteiger partial charge in [0.25, 0.3) is 5.91 Å². The normalized spacial score (nSPS) is 14.3. The second kappa shape index (κ2) is 14.2. The number of carbonyl (C=O) groups is 2. The quantitative estimate of drug-likeness (QED) is 0.537. The minimum Gasteiger partial charge on any atom is -0.677 e. The van der Waals surface area contributed by atoms with Crippen LogP contribution in [0.5, 0.6) is 0 Å². The van der Waals surface area contributed by atoms with Gasteiger partial charge in [0, 0.05) is 45.2 Å². The molecular weight excluding hydrogens is 484 g/mol. The molecule has 2 N–H and O–H groups in total. The Hall–Kier alpha value is -2.01. The second-order valence-electron chi connectivity index (χ2n) is 7.91. The molecule has 1 saturated heterocycles. The van der Waals surface area contributed by atoms with Crippen LogP contribution in [-0.2, 0) is 37.7 Å². The number of anilines is 1. The first-order valence-corrected chi connectivity index (χ1v) is 10.9. The summed E-state index contributed by atoms with van der Waals surface area (Å²) in [6.45, 7) is 4.11. The fourth-order valence-electron chi connectivity index (χ4n) is 4.03. The molecule has 6 heteroatoms. The van der Waals surface area contributed by atoms with E-state index in [4.69, 9.17) is 5.73 Å². The molecule has 1 heterocycles. The summed E-state index contributed by atoms with van der Waals surface area (Å²) in [4.78, 5) is 25.2. The molecule has 0 unspecified atom stereocenters. The van der Waals surface area contributed by atoms with Crippen LogP contribution in [0.3, 0.4) is 0 Å². The summed E-state index contributed by atoms with van der Waals surface area (Å²) in [6, 6.07) is 14.9. The smallest absolute Gasteiger partial charge is 0.254 e. The average molecular weight is 519 g/mol. The Morgan fingerprint density at radius 2 is 1.88 bits per heavy atom. The van der Waals surface area contributed by atoms with Crippen LogP contribution in [0.4, 0.5) is 5.69 Å². The summed E-state index contributed by atoms with van der Waals surface area (Å²) in [5.74, 6) is 0.246. The van der Waals surface area contributed by atoms with Gasteiger partial charge < -0.3 is 23.4 Å². The fourth-order valence-corrected chi connectivity index (χ4v) is 4.03. The number of carbonyl (C=O) groups excluding carboxylic acids is 2. The van der Waals surface area contributed by atoms with Gasteiger partial charge in [0.2, 0.25) is 5.91 Å². The molecule has 1 fully saturated rings. The average Bonchev–Trinajstić information content (AvgIpc) is 3.18. The molecule has 175 valence electrons. The maximum atomic E-state index is 12.4. The number of amides is 2. The third kappa shape index (κ3) is 7.54. The Balaban J connectivity index is 0.000000366. The Morgan fingerprint density at radius 1 is 1.12 bits per heavy atom. The fraction of sp³-hybridized carbons (Fsp3) is 0.423. The summed E-state index contributed by atoms with van der Waals surface area (Å²) in [7, 11) is 0. The first kappa shape index (κ1) is 28.0. The van der Waals surface area contributed by atoms with Gasteiger partial charge in [-0.25, -0.2) is 0 Å². The zero-order chi connectivity index (χ0) is 21.3. The molecule has 32 heavy (non-hydrogen) atoms. The number of hydrogen-bond donors (Lipinski definition) is 1. The van der Waals surface area contributed by atoms with Gasteiger partial charge in [-0.2, -0.15) is 17.7 Å². The molecule has 0 spiro atoms. The van der Waals surface area contributed by atoms with E-state index in [1.165, 1.54) is 24.0 Å². The summed E-state index contributed by atoms with van der Waals surface area (Å²) in [6.07, 6.45) is 7.08. The monoisotopic (exact) mass is 517 g/mol. The van der Waals surface area contributed by atoms with E-state index in [1.807, 2.05) is 48.2 Å². The zero-order valence-corrected chi connectivity index (χ0v) is 21.0. The predicted molar refractivity (Wildman–Crippen MR) is 127 cm³/mol. The molecule has 0 bridgehead atoms. The molecule has 1 aliphatic carbocycles. The zero-order valence-electron chi connectivity index (χ0n) is 19.2. The third-order valence-electron chi connectivity index (χ3n) is 5.71. The van der Waals surface area contributed by atoms with E-state index in [9.17, 15) is 9.59 Å². The van der Waals surface area contributed by atoms with E-state index in [0.29, 0.717) is 6.54 Å². The van der Waals surface area contributed by atoms with Crippen molar-refractivity contribution in [2.45, 2.75) is 51.9 Å². The summed E-state index contributed by atoms with van der Waals surface area (Å²) in [5.41, 5.74) is 12.1. The van der Waals surface area contributed by atoms with Crippen LogP contribution in [-0.4, -0.2) is 36.3 Å². The number of nitrogens with zero attached hydrogens (tertiary/aromatic N) is 1. The number of fused-ring (bicyclic) bond motifs is 1. The van der Waals surface area contributed by atoms with Gasteiger partial charge in [0.15, 0.2) is 0 Å². The minimum absolute atomic E-state index is 0. The van der Waals surface area contributed by atoms with Crippen LogP contribution in [0.25, 0.3) is 5.73 Å². The molecule has 4 rings (SSSR count). The number of rotatable bonds is 5. The topological polar surface area (TPSA) is 73.2 Å². The van der Waals surface area contributed by atoms with Crippen LogP contribution < -0.4 is 5.32 Å². The Labute approximate surface area is 206 Å². The molecule has 0 aromatic heterocycles. The van der Waals surface area contributed by atoms with Gasteiger partial charge in [0.05, 0.1) is 0 Å². The van der Waals surface area contributed by atoms with Crippen molar-refractivity contribution in [3.63, 3.8) is 0 Å². The molecule has 0 saturated carbocycles. The van der Waals surface area contributed by atoms with Crippen LogP contribution >= 0.6 is 0 Å². The van der Waals surface area contributed by atoms with Crippen molar-refractivity contribution in [2.24, 2.45) is 0 Å². The molecule has 2 aromatic carbocycles. The minimum atomic E-state index is -0.0259. The number of nitrogens with one attached hydrogen (secondary N) is 2. The van der Waals surface area contributed by atoms with E-state index in [-0.39, 0.29) is 39.3 Å². The summed E-state index contributed by atoms with van der Waals surface area (Å²) >= 11 is 0. The molecule has 2 aromatic rings. The Kier molecular flexibility index (Phi) is 12.4. The first-order chi connectivity index (χ1) is 14.6. The molecular formula is C26H34N3O2Tc-3. The van der Waals surface area contributed by atoms with E-state index in [0.717, 1.165) is 62.0 Å². The van der Waals surface area contributed by atoms with Gasteiger partial charge >= 0.3 is 0 Å². The largest absolute Gasteiger partial charge is 0.677 e. The molecule has 5 nitrogen and oxygen atoms in total. The molecule has 1 radical (unpaired) electrons. The van der Waals surface area contributed by atoms with E-state index >= 15 is 0 Å². The van der Waals surface area contributed by atoms with Crippen molar-refractivity contribution >= 4 is 17.5 Å². The van der Waals surface area contributed by atoms with Crippen molar-refractivity contribution in [1.29, 1.82) is 0 Å². The molecule has 2 amide bonds. The summed E-state index contributed by atoms with van der Waals surface area (Å²) < 4.78 is 0. The van der Waals surface area contributed by atoms with Crippen molar-refractivity contribution in [2.75, 3.05) is 25.0 Å². The number of likely N-dealkylation sites (tertiary alicyclic amines) is 1. The molecule has 0 atom stereocenters. The first-order valence-electron chi connectivity index (χ1n) is 10.9. The van der Waals surface area contributed by atoms with Crippen LogP contribution in [0, 0.1) is 20.4 Å². The number of aryl methyl sites for hydroxylation is 2. The van der Waals surface area contributed by atoms with Gasteiger partial charge in [-0.1, -0.05) is 56.0 Å². The maximum absolute atomic E-state index is 12.4. The Morgan fingerprint density at radius 3 is 2.56 bits per heavy atom. The van der Waals surface area contributed by atoms with Crippen LogP contribution in [0.15, 0.2) is 36.4 Å². The van der Waals surface area contributed by atoms with Crippen LogP contribution in [0.1, 0.15) is 59.2 Å². The van der Waals surface area contributed by atoms with Gasteiger partial charge in [0.1, 0.15) is 0 Å². The van der Waals surface area contributed by atoms with Gasteiger partial charge in [-0.15, -0.1) is 18.2 Å². The van der Waals surface area contributed by atoms with Crippen molar-refractivity contribution in [3.05, 3.63) is 77.9 Å². The van der Waals surface area contributed by atoms with Gasteiger partial charge in [-0.05, 0) is 25.0 Å². The van der Waals surface area contributed by atoms with Crippen molar-refractivity contribution < 1.29 is 29.7 Å². The van der Waals surface area contributed by atoms with E-state index in [1.54, 1.807) is 0 Å². The number of hydrogen-bond acceptors (Lipinski definition) is 2. The molecule has 2 aliphatic rings. The Bertz CT molecular complexity index is 885. The second-order valence-corrected chi connectivity index (χ2v) is 7.91. The van der Waals surface area contributed by atoms with Gasteiger partial charge in [-0.3, -0.25) is 9.59 Å². The standard InChI is InChI=1S/C18H18NO.C7H13N2O.CH3.Tc/c1-13-7-2-4-10-15(13)18(20)19-17-12-6-9-14-8-3-5-11-16(14)17;8-4-2-6-9-5-1-3-7(9)10;;/h2,4,6-7,10,12H,3,5,8,11H2,1H3,(H,19,20);8H,1-6H2;1H3;/q3*-1;. The third-order valence-corrected chi connectivity index (χ3v) is 5.71. The van der Waals surface area contributed by atoms with Crippen molar-refractivity contribution in [1.82, 2.24) is 4.90 Å². The summed E-state index contributed by atoms with van der Waals surface area (Å²) in [5, 5.41) is 3.07. The number of benzene rings is 2.